The van der Waals surface area contributed by atoms with Crippen LogP contribution in [0.1, 0.15) is 31.0 Å². The molecule has 9 nitrogen and oxygen atoms in total. The minimum Gasteiger partial charge on any atom is -0.504 e. The maximum absolute atomic E-state index is 14.1. The third-order valence-corrected chi connectivity index (χ3v) is 9.29. The molecule has 1 aliphatic heterocycles. The number of phenolic OH excluding ortho intramolecular Hbond substituents is 1. The van der Waals surface area contributed by atoms with Gasteiger partial charge in [-0.1, -0.05) is 41.5 Å². The number of fused-ring (bicyclic) bond motifs is 3. The van der Waals surface area contributed by atoms with Gasteiger partial charge in [-0.3, -0.25) is 24.2 Å². The summed E-state index contributed by atoms with van der Waals surface area (Å²) in [5.74, 6) is -5.35. The van der Waals surface area contributed by atoms with Crippen LogP contribution in [0.2, 0.25) is 5.02 Å². The van der Waals surface area contributed by atoms with Crippen molar-refractivity contribution in [3.05, 3.63) is 87.1 Å². The van der Waals surface area contributed by atoms with Gasteiger partial charge in [-0.25, -0.2) is 4.98 Å². The van der Waals surface area contributed by atoms with Crippen LogP contribution < -0.4 is 9.75 Å². The van der Waals surface area contributed by atoms with Crippen molar-refractivity contribution >= 4 is 46.9 Å². The molecule has 0 bridgehead atoms. The molecule has 3 aliphatic carbocycles. The SMILES string of the molecule is COc1cc(C=C[C@H]2C3=CC[C@@H]4C(=O)N(N(C)c5nc(C(F)(F)F)ccc5Cl)C(=O)[C@@H]4[C@@H]3CC3=C2C(=O)C(C)=CC3=O)ccc1O. The zero-order chi connectivity index (χ0) is 33.2. The lowest BCUT2D eigenvalue weighted by Gasteiger charge is -2.41. The molecule has 2 aromatic rings. The van der Waals surface area contributed by atoms with Gasteiger partial charge in [-0.2, -0.15) is 18.2 Å². The van der Waals surface area contributed by atoms with E-state index in [4.69, 9.17) is 16.3 Å². The van der Waals surface area contributed by atoms with Crippen LogP contribution in [0.3, 0.4) is 0 Å². The lowest BCUT2D eigenvalue weighted by atomic mass is 9.60. The van der Waals surface area contributed by atoms with E-state index in [1.165, 1.54) is 26.3 Å². The number of imide groups is 1. The molecule has 1 aromatic heterocycles. The van der Waals surface area contributed by atoms with Crippen molar-refractivity contribution < 1.29 is 42.2 Å². The summed E-state index contributed by atoms with van der Waals surface area (Å²) in [6.45, 7) is 1.56. The molecule has 0 radical (unpaired) electrons. The third-order valence-electron chi connectivity index (χ3n) is 9.00. The number of alkyl halides is 3. The van der Waals surface area contributed by atoms with Crippen molar-refractivity contribution in [3.63, 3.8) is 0 Å². The lowest BCUT2D eigenvalue weighted by molar-refractivity contribution is -0.141. The van der Waals surface area contributed by atoms with E-state index in [1.54, 1.807) is 31.2 Å². The summed E-state index contributed by atoms with van der Waals surface area (Å²) in [6.07, 6.45) is 1.94. The fourth-order valence-electron chi connectivity index (χ4n) is 6.83. The van der Waals surface area contributed by atoms with Crippen LogP contribution in [0.15, 0.2) is 70.9 Å². The van der Waals surface area contributed by atoms with Crippen LogP contribution >= 0.6 is 11.6 Å². The van der Waals surface area contributed by atoms with Crippen LogP contribution in [-0.2, 0) is 25.4 Å². The predicted molar refractivity (Wildman–Crippen MR) is 160 cm³/mol. The second-order valence-electron chi connectivity index (χ2n) is 11.6. The van der Waals surface area contributed by atoms with Crippen molar-refractivity contribution in [2.75, 3.05) is 19.2 Å². The number of carbonyl (C=O) groups is 4. The summed E-state index contributed by atoms with van der Waals surface area (Å²) in [4.78, 5) is 58.1. The van der Waals surface area contributed by atoms with Crippen LogP contribution in [0.4, 0.5) is 19.0 Å². The molecule has 46 heavy (non-hydrogen) atoms. The number of aromatic nitrogens is 1. The second-order valence-corrected chi connectivity index (χ2v) is 12.0. The number of methoxy groups -OCH3 is 1. The van der Waals surface area contributed by atoms with Gasteiger partial charge in [-0.05, 0) is 61.6 Å². The van der Waals surface area contributed by atoms with Crippen molar-refractivity contribution in [3.8, 4) is 11.5 Å². The number of ketones is 2. The topological polar surface area (TPSA) is 117 Å². The molecule has 1 saturated heterocycles. The maximum atomic E-state index is 14.1. The summed E-state index contributed by atoms with van der Waals surface area (Å²) in [6, 6.07) is 6.41. The Morgan fingerprint density at radius 2 is 1.85 bits per heavy atom. The number of carbonyl (C=O) groups excluding carboxylic acids is 4. The number of Topliss-reactive ketones (excluding diaryl/α,β-unsaturated/α-hetero) is 1. The number of allylic oxidation sites excluding steroid dienone is 7. The minimum atomic E-state index is -4.79. The van der Waals surface area contributed by atoms with E-state index in [0.29, 0.717) is 22.8 Å². The fraction of sp³-hybridized carbons (Fsp3) is 0.303. The van der Waals surface area contributed by atoms with E-state index >= 15 is 0 Å². The normalized spacial score (nSPS) is 24.5. The monoisotopic (exact) mass is 653 g/mol. The number of benzene rings is 1. The number of hydrogen-bond donors (Lipinski definition) is 1. The number of amides is 2. The molecule has 6 rings (SSSR count). The first kappa shape index (κ1) is 31.3. The van der Waals surface area contributed by atoms with Gasteiger partial charge in [0, 0.05) is 29.7 Å². The molecule has 2 amide bonds. The highest BCUT2D eigenvalue weighted by molar-refractivity contribution is 6.33. The maximum Gasteiger partial charge on any atom is 0.433 e. The number of hydrazine groups is 1. The van der Waals surface area contributed by atoms with Crippen LogP contribution in [-0.4, -0.2) is 52.6 Å². The molecule has 2 heterocycles. The summed E-state index contributed by atoms with van der Waals surface area (Å²) in [7, 11) is 2.65. The molecule has 1 fully saturated rings. The van der Waals surface area contributed by atoms with E-state index in [2.05, 4.69) is 4.98 Å². The molecule has 1 aromatic carbocycles. The van der Waals surface area contributed by atoms with Crippen molar-refractivity contribution in [2.24, 2.45) is 23.7 Å². The summed E-state index contributed by atoms with van der Waals surface area (Å²) < 4.78 is 45.5. The first-order valence-corrected chi connectivity index (χ1v) is 14.7. The Hall–Kier alpha value is -4.71. The number of rotatable bonds is 5. The van der Waals surface area contributed by atoms with Crippen molar-refractivity contribution in [2.45, 2.75) is 25.9 Å². The van der Waals surface area contributed by atoms with E-state index in [0.717, 1.165) is 16.1 Å². The number of halogens is 4. The molecule has 4 atom stereocenters. The van der Waals surface area contributed by atoms with Gasteiger partial charge < -0.3 is 9.84 Å². The zero-order valence-corrected chi connectivity index (χ0v) is 25.5. The fourth-order valence-corrected chi connectivity index (χ4v) is 7.06. The highest BCUT2D eigenvalue weighted by Gasteiger charge is 2.57. The number of nitrogens with zero attached hydrogens (tertiary/aromatic N) is 3. The Balaban J connectivity index is 1.39. The molecule has 238 valence electrons. The summed E-state index contributed by atoms with van der Waals surface area (Å²) in [5, 5.41) is 11.5. The molecular weight excluding hydrogens is 627 g/mol. The van der Waals surface area contributed by atoms with Crippen molar-refractivity contribution in [1.29, 1.82) is 0 Å². The van der Waals surface area contributed by atoms with Crippen LogP contribution in [0, 0.1) is 23.7 Å². The van der Waals surface area contributed by atoms with Crippen molar-refractivity contribution in [1.82, 2.24) is 9.99 Å². The van der Waals surface area contributed by atoms with E-state index in [-0.39, 0.29) is 52.1 Å². The average Bonchev–Trinajstić information content (AvgIpc) is 3.27. The second kappa shape index (κ2) is 11.3. The van der Waals surface area contributed by atoms with E-state index in [1.807, 2.05) is 6.08 Å². The molecule has 0 unspecified atom stereocenters. The molecular formula is C33H27ClF3N3O6. The largest absolute Gasteiger partial charge is 0.504 e. The Labute approximate surface area is 266 Å². The van der Waals surface area contributed by atoms with E-state index < -0.39 is 53.2 Å². The number of aromatic hydroxyl groups is 1. The highest BCUT2D eigenvalue weighted by Crippen LogP contribution is 2.53. The first-order chi connectivity index (χ1) is 21.7. The number of ether oxygens (including phenoxy) is 1. The zero-order valence-electron chi connectivity index (χ0n) is 24.8. The Kier molecular flexibility index (Phi) is 7.66. The first-order valence-electron chi connectivity index (χ1n) is 14.3. The molecule has 4 aliphatic rings. The Bertz CT molecular complexity index is 1850. The number of pyridine rings is 1. The van der Waals surface area contributed by atoms with Gasteiger partial charge >= 0.3 is 6.18 Å². The smallest absolute Gasteiger partial charge is 0.433 e. The van der Waals surface area contributed by atoms with Gasteiger partial charge in [0.2, 0.25) is 0 Å². The molecule has 0 saturated carbocycles. The van der Waals surface area contributed by atoms with Gasteiger partial charge in [-0.15, -0.1) is 0 Å². The third kappa shape index (κ3) is 5.00. The molecule has 13 heteroatoms. The average molecular weight is 654 g/mol. The minimum absolute atomic E-state index is 0.0349. The Morgan fingerprint density at radius 1 is 1.11 bits per heavy atom. The molecule has 0 spiro atoms. The van der Waals surface area contributed by atoms with Gasteiger partial charge in [0.05, 0.1) is 24.0 Å². The van der Waals surface area contributed by atoms with Gasteiger partial charge in [0.25, 0.3) is 11.8 Å². The number of anilines is 1. The molecule has 1 N–H and O–H groups in total. The standard InChI is InChI=1S/C33H27ClF3N3O6/c1-15-12-24(42)21-14-20-17(18(27(21)29(15)43)6-4-16-5-10-23(41)25(13-16)46-3)7-8-19-28(20)32(45)40(31(19)44)39(2)30-22(34)9-11-26(38-30)33(35,36)37/h4-7,9-13,18-20,28,41H,8,14H2,1-3H3/t18-,19-,20+,28-/m0/s1. The van der Waals surface area contributed by atoms with Gasteiger partial charge in [0.1, 0.15) is 5.69 Å². The lowest BCUT2D eigenvalue weighted by Crippen LogP contribution is -2.46. The van der Waals surface area contributed by atoms with Gasteiger partial charge in [0.15, 0.2) is 28.9 Å². The Morgan fingerprint density at radius 3 is 2.54 bits per heavy atom. The summed E-state index contributed by atoms with van der Waals surface area (Å²) in [5.41, 5.74) is 0.936. The van der Waals surface area contributed by atoms with Crippen LogP contribution in [0.25, 0.3) is 6.08 Å². The predicted octanol–water partition coefficient (Wildman–Crippen LogP) is 5.49. The quantitative estimate of drug-likeness (QED) is 0.256. The van der Waals surface area contributed by atoms with Crippen LogP contribution in [0.5, 0.6) is 11.5 Å². The summed E-state index contributed by atoms with van der Waals surface area (Å²) >= 11 is 6.19. The number of hydrogen-bond acceptors (Lipinski definition) is 8. The highest BCUT2D eigenvalue weighted by atomic mass is 35.5. The number of phenols is 1. The van der Waals surface area contributed by atoms with E-state index in [9.17, 15) is 37.5 Å².